The first-order valence-corrected chi connectivity index (χ1v) is 7.78. The quantitative estimate of drug-likeness (QED) is 0.658. The van der Waals surface area contributed by atoms with Crippen LogP contribution >= 0.6 is 0 Å². The molecule has 2 unspecified atom stereocenters. The van der Waals surface area contributed by atoms with Gasteiger partial charge in [-0.1, -0.05) is 30.3 Å². The van der Waals surface area contributed by atoms with Crippen molar-refractivity contribution in [2.45, 2.75) is 10.9 Å². The Labute approximate surface area is 125 Å². The minimum absolute atomic E-state index is 0.00368. The second-order valence-corrected chi connectivity index (χ2v) is 6.01. The van der Waals surface area contributed by atoms with Crippen molar-refractivity contribution in [3.05, 3.63) is 70.3 Å². The average Bonchev–Trinajstić information content (AvgIpc) is 2.53. The van der Waals surface area contributed by atoms with Crippen LogP contribution in [-0.2, 0) is 10.8 Å². The molecule has 0 saturated heterocycles. The molecule has 0 aliphatic carbocycles. The van der Waals surface area contributed by atoms with E-state index >= 15 is 0 Å². The maximum Gasteiger partial charge on any atom is 0.269 e. The maximum absolute atomic E-state index is 12.4. The van der Waals surface area contributed by atoms with Gasteiger partial charge in [0.1, 0.15) is 0 Å². The summed E-state index contributed by atoms with van der Waals surface area (Å²) in [6, 6.07) is 15.6. The Kier molecular flexibility index (Phi) is 5.19. The van der Waals surface area contributed by atoms with E-state index in [9.17, 15) is 14.3 Å². The molecule has 0 heterocycles. The summed E-state index contributed by atoms with van der Waals surface area (Å²) in [5.41, 5.74) is 1.07. The third kappa shape index (κ3) is 3.96. The predicted octanol–water partition coefficient (Wildman–Crippen LogP) is 2.66. The molecule has 0 bridgehead atoms. The summed E-state index contributed by atoms with van der Waals surface area (Å²) < 4.78 is 12.4. The van der Waals surface area contributed by atoms with Crippen molar-refractivity contribution in [1.29, 1.82) is 0 Å². The largest absolute Gasteiger partial charge is 0.312 e. The Bertz CT molecular complexity index is 629. The number of nitro groups is 1. The second-order valence-electron chi connectivity index (χ2n) is 4.52. The van der Waals surface area contributed by atoms with Crippen LogP contribution in [0.2, 0.25) is 0 Å². The minimum atomic E-state index is -1.22. The van der Waals surface area contributed by atoms with Crippen molar-refractivity contribution < 1.29 is 9.13 Å². The van der Waals surface area contributed by atoms with E-state index < -0.39 is 15.7 Å². The molecular weight excluding hydrogens is 288 g/mol. The molecule has 0 fully saturated rings. The fraction of sp³-hybridized carbons (Fsp3) is 0.200. The highest BCUT2D eigenvalue weighted by atomic mass is 32.2. The highest BCUT2D eigenvalue weighted by Crippen LogP contribution is 2.19. The van der Waals surface area contributed by atoms with Crippen molar-refractivity contribution in [2.75, 3.05) is 12.8 Å². The maximum atomic E-state index is 12.4. The van der Waals surface area contributed by atoms with Gasteiger partial charge in [0.05, 0.1) is 15.7 Å². The van der Waals surface area contributed by atoms with E-state index in [2.05, 4.69) is 5.32 Å². The van der Waals surface area contributed by atoms with Crippen LogP contribution < -0.4 is 5.32 Å². The van der Waals surface area contributed by atoms with Gasteiger partial charge in [-0.2, -0.15) is 0 Å². The molecule has 0 amide bonds. The molecule has 1 N–H and O–H groups in total. The molecule has 21 heavy (non-hydrogen) atoms. The van der Waals surface area contributed by atoms with Gasteiger partial charge >= 0.3 is 0 Å². The van der Waals surface area contributed by atoms with Gasteiger partial charge in [0, 0.05) is 28.8 Å². The number of non-ortho nitro benzene ring substituents is 1. The van der Waals surface area contributed by atoms with Crippen LogP contribution in [0.25, 0.3) is 0 Å². The fourth-order valence-corrected chi connectivity index (χ4v) is 3.29. The number of hydrogen-bond donors (Lipinski definition) is 1. The lowest BCUT2D eigenvalue weighted by atomic mass is 10.1. The molecule has 5 nitrogen and oxygen atoms in total. The molecule has 2 rings (SSSR count). The lowest BCUT2D eigenvalue weighted by Crippen LogP contribution is -2.22. The topological polar surface area (TPSA) is 72.2 Å². The molecule has 0 radical (unpaired) electrons. The molecule has 0 aliphatic heterocycles. The van der Waals surface area contributed by atoms with E-state index in [0.717, 1.165) is 5.56 Å². The molecule has 6 heteroatoms. The Morgan fingerprint density at radius 1 is 1.14 bits per heavy atom. The van der Waals surface area contributed by atoms with Gasteiger partial charge in [0.2, 0.25) is 0 Å². The van der Waals surface area contributed by atoms with E-state index in [1.807, 2.05) is 37.4 Å². The van der Waals surface area contributed by atoms with Crippen LogP contribution in [0.5, 0.6) is 0 Å². The van der Waals surface area contributed by atoms with E-state index in [4.69, 9.17) is 0 Å². The van der Waals surface area contributed by atoms with Gasteiger partial charge in [-0.3, -0.25) is 14.3 Å². The van der Waals surface area contributed by atoms with Gasteiger partial charge < -0.3 is 5.32 Å². The zero-order valence-corrected chi connectivity index (χ0v) is 12.4. The molecular formula is C15H16N2O3S. The Morgan fingerprint density at radius 3 is 2.29 bits per heavy atom. The third-order valence-electron chi connectivity index (χ3n) is 3.18. The van der Waals surface area contributed by atoms with Gasteiger partial charge in [0.15, 0.2) is 0 Å². The highest BCUT2D eigenvalue weighted by Gasteiger charge is 2.15. The Hall–Kier alpha value is -2.05. The standard InChI is InChI=1S/C15H16N2O3S/c1-16-15(12-5-3-2-4-6-12)11-21(20)14-9-7-13(8-10-14)17(18)19/h2-10,15-16H,11H2,1H3. The first kappa shape index (κ1) is 15.3. The zero-order chi connectivity index (χ0) is 15.2. The van der Waals surface area contributed by atoms with E-state index in [1.54, 1.807) is 12.1 Å². The number of benzene rings is 2. The molecule has 0 saturated carbocycles. The number of rotatable bonds is 6. The highest BCUT2D eigenvalue weighted by molar-refractivity contribution is 7.85. The molecule has 2 aromatic rings. The van der Waals surface area contributed by atoms with Gasteiger partial charge in [0.25, 0.3) is 5.69 Å². The first-order valence-electron chi connectivity index (χ1n) is 6.47. The number of nitrogens with zero attached hydrogens (tertiary/aromatic N) is 1. The van der Waals surface area contributed by atoms with E-state index in [-0.39, 0.29) is 11.7 Å². The summed E-state index contributed by atoms with van der Waals surface area (Å²) in [6.07, 6.45) is 0. The minimum Gasteiger partial charge on any atom is -0.312 e. The van der Waals surface area contributed by atoms with Crippen molar-refractivity contribution in [3.8, 4) is 0 Å². The second kappa shape index (κ2) is 7.10. The smallest absolute Gasteiger partial charge is 0.269 e. The van der Waals surface area contributed by atoms with Crippen molar-refractivity contribution in [1.82, 2.24) is 5.32 Å². The van der Waals surface area contributed by atoms with Crippen molar-refractivity contribution in [2.24, 2.45) is 0 Å². The summed E-state index contributed by atoms with van der Waals surface area (Å²) in [7, 11) is 0.604. The summed E-state index contributed by atoms with van der Waals surface area (Å²) in [4.78, 5) is 10.7. The molecule has 0 spiro atoms. The summed E-state index contributed by atoms with van der Waals surface area (Å²) in [5.74, 6) is 0.415. The SMILES string of the molecule is CNC(CS(=O)c1ccc([N+](=O)[O-])cc1)c1ccccc1. The van der Waals surface area contributed by atoms with Gasteiger partial charge in [-0.15, -0.1) is 0 Å². The van der Waals surface area contributed by atoms with E-state index in [1.165, 1.54) is 12.1 Å². The fourth-order valence-electron chi connectivity index (χ4n) is 2.00. The van der Waals surface area contributed by atoms with Crippen LogP contribution in [0, 0.1) is 10.1 Å². The number of nitro benzene ring substituents is 1. The third-order valence-corrected chi connectivity index (χ3v) is 4.61. The van der Waals surface area contributed by atoms with Crippen molar-refractivity contribution in [3.63, 3.8) is 0 Å². The van der Waals surface area contributed by atoms with Crippen LogP contribution in [0.1, 0.15) is 11.6 Å². The normalized spacial score (nSPS) is 13.6. The van der Waals surface area contributed by atoms with Crippen LogP contribution in [0.15, 0.2) is 59.5 Å². The first-order chi connectivity index (χ1) is 10.1. The van der Waals surface area contributed by atoms with E-state index in [0.29, 0.717) is 10.6 Å². The zero-order valence-electron chi connectivity index (χ0n) is 11.6. The number of nitrogens with one attached hydrogen (secondary N) is 1. The van der Waals surface area contributed by atoms with Crippen LogP contribution in [0.3, 0.4) is 0 Å². The molecule has 0 aromatic heterocycles. The monoisotopic (exact) mass is 304 g/mol. The Balaban J connectivity index is 2.11. The summed E-state index contributed by atoms with van der Waals surface area (Å²) >= 11 is 0. The summed E-state index contributed by atoms with van der Waals surface area (Å²) in [5, 5.41) is 13.8. The molecule has 0 aliphatic rings. The Morgan fingerprint density at radius 2 is 1.76 bits per heavy atom. The van der Waals surface area contributed by atoms with Gasteiger partial charge in [-0.25, -0.2) is 0 Å². The summed E-state index contributed by atoms with van der Waals surface area (Å²) in [6.45, 7) is 0. The number of hydrogen-bond acceptors (Lipinski definition) is 4. The molecule has 110 valence electrons. The van der Waals surface area contributed by atoms with Crippen LogP contribution in [-0.4, -0.2) is 21.9 Å². The molecule has 2 aromatic carbocycles. The molecule has 2 atom stereocenters. The lowest BCUT2D eigenvalue weighted by Gasteiger charge is -2.16. The van der Waals surface area contributed by atoms with Crippen LogP contribution in [0.4, 0.5) is 5.69 Å². The van der Waals surface area contributed by atoms with Gasteiger partial charge in [-0.05, 0) is 24.7 Å². The predicted molar refractivity (Wildman–Crippen MR) is 82.6 cm³/mol. The average molecular weight is 304 g/mol. The lowest BCUT2D eigenvalue weighted by molar-refractivity contribution is -0.384. The van der Waals surface area contributed by atoms with Crippen molar-refractivity contribution >= 4 is 16.5 Å².